The molecule has 0 spiro atoms. The number of ketones is 1. The molecule has 0 saturated carbocycles. The highest BCUT2D eigenvalue weighted by atomic mass is 16.5. The number of esters is 1. The van der Waals surface area contributed by atoms with Crippen molar-refractivity contribution in [3.05, 3.63) is 34.9 Å². The molecule has 0 N–H and O–H groups in total. The standard InChI is InChI=1S/C14H15NO3/c1-3-13(16)11-7-5-6-10(12(11)9-15)8-14(17)18-4-2/h5-7H,3-4,8H2,1-2H3. The van der Waals surface area contributed by atoms with E-state index < -0.39 is 5.97 Å². The Morgan fingerprint density at radius 3 is 2.61 bits per heavy atom. The summed E-state index contributed by atoms with van der Waals surface area (Å²) in [4.78, 5) is 23.1. The lowest BCUT2D eigenvalue weighted by Gasteiger charge is -2.07. The fourth-order valence-corrected chi connectivity index (χ4v) is 1.67. The Kier molecular flexibility index (Phi) is 5.06. The van der Waals surface area contributed by atoms with Gasteiger partial charge in [-0.15, -0.1) is 0 Å². The lowest BCUT2D eigenvalue weighted by atomic mass is 9.96. The third kappa shape index (κ3) is 3.17. The van der Waals surface area contributed by atoms with E-state index in [0.717, 1.165) is 0 Å². The first-order valence-corrected chi connectivity index (χ1v) is 5.84. The van der Waals surface area contributed by atoms with Crippen LogP contribution in [0.25, 0.3) is 0 Å². The van der Waals surface area contributed by atoms with Gasteiger partial charge in [-0.3, -0.25) is 9.59 Å². The van der Waals surface area contributed by atoms with Gasteiger partial charge in [0, 0.05) is 12.0 Å². The van der Waals surface area contributed by atoms with E-state index in [4.69, 9.17) is 10.00 Å². The average molecular weight is 245 g/mol. The molecule has 1 aromatic carbocycles. The van der Waals surface area contributed by atoms with E-state index in [1.54, 1.807) is 32.0 Å². The number of nitriles is 1. The maximum atomic E-state index is 11.7. The van der Waals surface area contributed by atoms with Crippen LogP contribution in [0.1, 0.15) is 41.8 Å². The predicted octanol–water partition coefficient (Wildman–Crippen LogP) is 2.26. The number of rotatable bonds is 5. The number of hydrogen-bond acceptors (Lipinski definition) is 4. The van der Waals surface area contributed by atoms with Crippen molar-refractivity contribution >= 4 is 11.8 Å². The molecule has 0 aromatic heterocycles. The van der Waals surface area contributed by atoms with Gasteiger partial charge in [-0.05, 0) is 12.5 Å². The number of carbonyl (C=O) groups excluding carboxylic acids is 2. The maximum Gasteiger partial charge on any atom is 0.310 e. The maximum absolute atomic E-state index is 11.7. The molecule has 0 unspecified atom stereocenters. The van der Waals surface area contributed by atoms with Gasteiger partial charge in [-0.25, -0.2) is 0 Å². The molecule has 0 amide bonds. The minimum absolute atomic E-state index is 0.0154. The molecule has 0 aliphatic rings. The first-order chi connectivity index (χ1) is 8.63. The summed E-state index contributed by atoms with van der Waals surface area (Å²) in [5, 5.41) is 9.13. The summed E-state index contributed by atoms with van der Waals surface area (Å²) in [5.74, 6) is -0.493. The zero-order chi connectivity index (χ0) is 13.5. The summed E-state index contributed by atoms with van der Waals surface area (Å²) in [5.41, 5.74) is 1.19. The van der Waals surface area contributed by atoms with Crippen LogP contribution < -0.4 is 0 Å². The average Bonchev–Trinajstić information content (AvgIpc) is 2.37. The Morgan fingerprint density at radius 1 is 1.33 bits per heavy atom. The van der Waals surface area contributed by atoms with Gasteiger partial charge in [-0.1, -0.05) is 25.1 Å². The lowest BCUT2D eigenvalue weighted by Crippen LogP contribution is -2.11. The van der Waals surface area contributed by atoms with E-state index in [-0.39, 0.29) is 17.8 Å². The van der Waals surface area contributed by atoms with Crippen LogP contribution in [0, 0.1) is 11.3 Å². The Balaban J connectivity index is 3.10. The quantitative estimate of drug-likeness (QED) is 0.589. The van der Waals surface area contributed by atoms with Crippen LogP contribution in [0.5, 0.6) is 0 Å². The number of nitrogens with zero attached hydrogens (tertiary/aromatic N) is 1. The molecule has 0 saturated heterocycles. The molecule has 0 aliphatic heterocycles. The SMILES string of the molecule is CCOC(=O)Cc1cccc(C(=O)CC)c1C#N. The first-order valence-electron chi connectivity index (χ1n) is 5.84. The van der Waals surface area contributed by atoms with Crippen molar-refractivity contribution in [1.29, 1.82) is 5.26 Å². The summed E-state index contributed by atoms with van der Waals surface area (Å²) in [6, 6.07) is 6.96. The highest BCUT2D eigenvalue weighted by Crippen LogP contribution is 2.17. The molecule has 1 rings (SSSR count). The van der Waals surface area contributed by atoms with Crippen LogP contribution in [0.4, 0.5) is 0 Å². The van der Waals surface area contributed by atoms with Gasteiger partial charge in [0.05, 0.1) is 18.6 Å². The van der Waals surface area contributed by atoms with Crippen molar-refractivity contribution in [3.63, 3.8) is 0 Å². The van der Waals surface area contributed by atoms with Crippen LogP contribution in [-0.2, 0) is 16.0 Å². The molecule has 0 atom stereocenters. The summed E-state index contributed by atoms with van der Waals surface area (Å²) >= 11 is 0. The molecule has 0 aliphatic carbocycles. The van der Waals surface area contributed by atoms with Crippen LogP contribution in [0.2, 0.25) is 0 Å². The molecule has 4 heteroatoms. The van der Waals surface area contributed by atoms with E-state index in [1.807, 2.05) is 6.07 Å². The molecule has 0 radical (unpaired) electrons. The highest BCUT2D eigenvalue weighted by Gasteiger charge is 2.15. The van der Waals surface area contributed by atoms with Crippen molar-refractivity contribution in [2.24, 2.45) is 0 Å². The Hall–Kier alpha value is -2.15. The van der Waals surface area contributed by atoms with E-state index in [2.05, 4.69) is 0 Å². The van der Waals surface area contributed by atoms with E-state index >= 15 is 0 Å². The van der Waals surface area contributed by atoms with Gasteiger partial charge < -0.3 is 4.74 Å². The largest absolute Gasteiger partial charge is 0.466 e. The summed E-state index contributed by atoms with van der Waals surface area (Å²) in [6.07, 6.45) is 0.346. The number of Topliss-reactive ketones (excluding diaryl/α,β-unsaturated/α-hetero) is 1. The molecule has 94 valence electrons. The Bertz CT molecular complexity index is 500. The van der Waals surface area contributed by atoms with E-state index in [1.165, 1.54) is 0 Å². The van der Waals surface area contributed by atoms with Crippen molar-refractivity contribution in [1.82, 2.24) is 0 Å². The normalized spacial score (nSPS) is 9.61. The smallest absolute Gasteiger partial charge is 0.310 e. The van der Waals surface area contributed by atoms with Gasteiger partial charge >= 0.3 is 5.97 Å². The summed E-state index contributed by atoms with van der Waals surface area (Å²) < 4.78 is 4.84. The number of benzene rings is 1. The second-order valence-electron chi connectivity index (χ2n) is 3.71. The van der Waals surface area contributed by atoms with Crippen molar-refractivity contribution in [3.8, 4) is 6.07 Å². The molecular formula is C14H15NO3. The molecule has 0 bridgehead atoms. The minimum Gasteiger partial charge on any atom is -0.466 e. The van der Waals surface area contributed by atoms with Crippen molar-refractivity contribution in [2.75, 3.05) is 6.61 Å². The van der Waals surface area contributed by atoms with Crippen LogP contribution in [0.15, 0.2) is 18.2 Å². The van der Waals surface area contributed by atoms with Gasteiger partial charge in [0.2, 0.25) is 0 Å². The summed E-state index contributed by atoms with van der Waals surface area (Å²) in [6.45, 7) is 3.76. The zero-order valence-electron chi connectivity index (χ0n) is 10.5. The molecule has 18 heavy (non-hydrogen) atoms. The predicted molar refractivity (Wildman–Crippen MR) is 66.1 cm³/mol. The zero-order valence-corrected chi connectivity index (χ0v) is 10.5. The molecule has 0 fully saturated rings. The second kappa shape index (κ2) is 6.55. The van der Waals surface area contributed by atoms with Gasteiger partial charge in [0.25, 0.3) is 0 Å². The third-order valence-electron chi connectivity index (χ3n) is 2.52. The fraction of sp³-hybridized carbons (Fsp3) is 0.357. The van der Waals surface area contributed by atoms with Gasteiger partial charge in [-0.2, -0.15) is 5.26 Å². The Morgan fingerprint density at radius 2 is 2.06 bits per heavy atom. The van der Waals surface area contributed by atoms with Crippen molar-refractivity contribution < 1.29 is 14.3 Å². The third-order valence-corrected chi connectivity index (χ3v) is 2.52. The molecule has 0 heterocycles. The summed E-state index contributed by atoms with van der Waals surface area (Å²) in [7, 11) is 0. The minimum atomic E-state index is -0.393. The molecule has 1 aromatic rings. The van der Waals surface area contributed by atoms with Crippen LogP contribution in [-0.4, -0.2) is 18.4 Å². The topological polar surface area (TPSA) is 67.2 Å². The van der Waals surface area contributed by atoms with Gasteiger partial charge in [0.1, 0.15) is 6.07 Å². The first kappa shape index (κ1) is 13.9. The number of ether oxygens (including phenoxy) is 1. The lowest BCUT2D eigenvalue weighted by molar-refractivity contribution is -0.142. The monoisotopic (exact) mass is 245 g/mol. The van der Waals surface area contributed by atoms with Crippen molar-refractivity contribution in [2.45, 2.75) is 26.7 Å². The number of carbonyl (C=O) groups is 2. The second-order valence-corrected chi connectivity index (χ2v) is 3.71. The molecule has 4 nitrogen and oxygen atoms in total. The fourth-order valence-electron chi connectivity index (χ4n) is 1.67. The van der Waals surface area contributed by atoms with E-state index in [0.29, 0.717) is 24.2 Å². The molecular weight excluding hydrogens is 230 g/mol. The van der Waals surface area contributed by atoms with E-state index in [9.17, 15) is 9.59 Å². The highest BCUT2D eigenvalue weighted by molar-refractivity contribution is 5.98. The van der Waals surface area contributed by atoms with Crippen LogP contribution in [0.3, 0.4) is 0 Å². The van der Waals surface area contributed by atoms with Crippen LogP contribution >= 0.6 is 0 Å². The Labute approximate surface area is 106 Å². The number of hydrogen-bond donors (Lipinski definition) is 0. The van der Waals surface area contributed by atoms with Gasteiger partial charge in [0.15, 0.2) is 5.78 Å².